The number of likely N-dealkylation sites (tertiary alicyclic amines) is 1. The van der Waals surface area contributed by atoms with E-state index in [1.165, 1.54) is 0 Å². The van der Waals surface area contributed by atoms with Crippen LogP contribution in [0.2, 0.25) is 0 Å². The Morgan fingerprint density at radius 3 is 2.29 bits per heavy atom. The average Bonchev–Trinajstić information content (AvgIpc) is 2.37. The number of benzene rings is 1. The molecule has 1 fully saturated rings. The van der Waals surface area contributed by atoms with Crippen LogP contribution in [0.15, 0.2) is 18.2 Å². The van der Waals surface area contributed by atoms with Gasteiger partial charge in [-0.3, -0.25) is 0 Å². The number of anilines is 1. The third kappa shape index (κ3) is 4.44. The molecule has 1 aliphatic heterocycles. The minimum Gasteiger partial charge on any atom is -0.380 e. The van der Waals surface area contributed by atoms with E-state index in [-0.39, 0.29) is 11.4 Å². The lowest BCUT2D eigenvalue weighted by molar-refractivity contribution is 0.171. The van der Waals surface area contributed by atoms with Gasteiger partial charge in [0.15, 0.2) is 0 Å². The zero-order valence-corrected chi connectivity index (χ0v) is 14.0. The van der Waals surface area contributed by atoms with Crippen LogP contribution in [0.5, 0.6) is 0 Å². The molecule has 3 heteroatoms. The highest BCUT2D eigenvalue weighted by molar-refractivity contribution is 5.47. The molecule has 118 valence electrons. The van der Waals surface area contributed by atoms with Crippen molar-refractivity contribution in [1.82, 2.24) is 4.90 Å². The highest BCUT2D eigenvalue weighted by atomic mass is 19.1. The van der Waals surface area contributed by atoms with Gasteiger partial charge in [0.1, 0.15) is 5.82 Å². The van der Waals surface area contributed by atoms with Crippen molar-refractivity contribution in [2.75, 3.05) is 18.4 Å². The molecule has 1 aliphatic rings. The Morgan fingerprint density at radius 2 is 1.81 bits per heavy atom. The van der Waals surface area contributed by atoms with Gasteiger partial charge in [0.25, 0.3) is 0 Å². The fourth-order valence-corrected chi connectivity index (χ4v) is 3.10. The highest BCUT2D eigenvalue weighted by Gasteiger charge is 2.24. The molecular formula is C18H29FN2. The van der Waals surface area contributed by atoms with E-state index in [2.05, 4.69) is 44.8 Å². The smallest absolute Gasteiger partial charge is 0.128 e. The molecule has 1 saturated heterocycles. The number of hydrogen-bond donors (Lipinski definition) is 1. The van der Waals surface area contributed by atoms with E-state index in [0.717, 1.165) is 37.2 Å². The summed E-state index contributed by atoms with van der Waals surface area (Å²) in [6.07, 6.45) is 2.11. The van der Waals surface area contributed by atoms with Gasteiger partial charge in [0.05, 0.1) is 0 Å². The molecule has 21 heavy (non-hydrogen) atoms. The maximum atomic E-state index is 14.4. The third-order valence-electron chi connectivity index (χ3n) is 4.22. The molecular weight excluding hydrogens is 263 g/mol. The van der Waals surface area contributed by atoms with Crippen molar-refractivity contribution >= 4 is 5.69 Å². The SMILES string of the molecule is CC(C)N1CCC(c2ccc(NC(C)(C)C)cc2F)CC1. The van der Waals surface area contributed by atoms with Crippen molar-refractivity contribution in [2.24, 2.45) is 0 Å². The maximum absolute atomic E-state index is 14.4. The van der Waals surface area contributed by atoms with Crippen molar-refractivity contribution in [2.45, 2.75) is 65.0 Å². The maximum Gasteiger partial charge on any atom is 0.128 e. The summed E-state index contributed by atoms with van der Waals surface area (Å²) in [6, 6.07) is 6.22. The van der Waals surface area contributed by atoms with Crippen LogP contribution in [0.1, 0.15) is 58.9 Å². The molecule has 0 bridgehead atoms. The average molecular weight is 292 g/mol. The molecule has 0 radical (unpaired) electrons. The highest BCUT2D eigenvalue weighted by Crippen LogP contribution is 2.32. The summed E-state index contributed by atoms with van der Waals surface area (Å²) in [7, 11) is 0. The zero-order valence-electron chi connectivity index (χ0n) is 14.0. The van der Waals surface area contributed by atoms with Gasteiger partial charge in [-0.25, -0.2) is 4.39 Å². The Hall–Kier alpha value is -1.09. The molecule has 0 saturated carbocycles. The number of piperidine rings is 1. The predicted octanol–water partition coefficient (Wildman–Crippen LogP) is 4.62. The number of halogens is 1. The third-order valence-corrected chi connectivity index (χ3v) is 4.22. The van der Waals surface area contributed by atoms with E-state index in [9.17, 15) is 4.39 Å². The first-order valence-electron chi connectivity index (χ1n) is 8.08. The number of nitrogens with zero attached hydrogens (tertiary/aromatic N) is 1. The van der Waals surface area contributed by atoms with Gasteiger partial charge >= 0.3 is 0 Å². The van der Waals surface area contributed by atoms with Crippen molar-refractivity contribution in [3.8, 4) is 0 Å². The Kier molecular flexibility index (Phi) is 4.92. The van der Waals surface area contributed by atoms with E-state index >= 15 is 0 Å². The van der Waals surface area contributed by atoms with Gasteiger partial charge < -0.3 is 10.2 Å². The Balaban J connectivity index is 2.05. The first kappa shape index (κ1) is 16.3. The summed E-state index contributed by atoms with van der Waals surface area (Å²) in [6.45, 7) is 12.9. The monoisotopic (exact) mass is 292 g/mol. The lowest BCUT2D eigenvalue weighted by Gasteiger charge is -2.35. The minimum atomic E-state index is -0.0627. The largest absolute Gasteiger partial charge is 0.380 e. The van der Waals surface area contributed by atoms with Crippen LogP contribution >= 0.6 is 0 Å². The van der Waals surface area contributed by atoms with Gasteiger partial charge in [-0.05, 0) is 84.2 Å². The van der Waals surface area contributed by atoms with Crippen molar-refractivity contribution < 1.29 is 4.39 Å². The number of hydrogen-bond acceptors (Lipinski definition) is 2. The van der Waals surface area contributed by atoms with Gasteiger partial charge in [0, 0.05) is 17.3 Å². The molecule has 0 aliphatic carbocycles. The lowest BCUT2D eigenvalue weighted by Crippen LogP contribution is -2.38. The molecule has 1 N–H and O–H groups in total. The number of nitrogens with one attached hydrogen (secondary N) is 1. The second-order valence-electron chi connectivity index (χ2n) is 7.52. The summed E-state index contributed by atoms with van der Waals surface area (Å²) in [5.41, 5.74) is 1.71. The standard InChI is InChI=1S/C18H29FN2/c1-13(2)21-10-8-14(9-11-21)16-7-6-15(12-17(16)19)20-18(3,4)5/h6-7,12-14,20H,8-11H2,1-5H3. The summed E-state index contributed by atoms with van der Waals surface area (Å²) in [5.74, 6) is 0.302. The van der Waals surface area contributed by atoms with Crippen molar-refractivity contribution in [3.63, 3.8) is 0 Å². The van der Waals surface area contributed by atoms with Crippen LogP contribution in [-0.2, 0) is 0 Å². The predicted molar refractivity (Wildman–Crippen MR) is 88.5 cm³/mol. The van der Waals surface area contributed by atoms with Gasteiger partial charge in [-0.2, -0.15) is 0 Å². The molecule has 2 rings (SSSR count). The van der Waals surface area contributed by atoms with Crippen LogP contribution in [0.4, 0.5) is 10.1 Å². The second-order valence-corrected chi connectivity index (χ2v) is 7.52. The van der Waals surface area contributed by atoms with Gasteiger partial charge in [0.2, 0.25) is 0 Å². The molecule has 1 aromatic rings. The quantitative estimate of drug-likeness (QED) is 0.874. The number of rotatable bonds is 3. The summed E-state index contributed by atoms with van der Waals surface area (Å²) < 4.78 is 14.4. The fraction of sp³-hybridized carbons (Fsp3) is 0.667. The van der Waals surface area contributed by atoms with E-state index in [1.807, 2.05) is 12.1 Å². The second kappa shape index (κ2) is 6.35. The molecule has 0 amide bonds. The molecule has 2 nitrogen and oxygen atoms in total. The minimum absolute atomic E-state index is 0.0451. The summed E-state index contributed by atoms with van der Waals surface area (Å²) in [4.78, 5) is 2.48. The summed E-state index contributed by atoms with van der Waals surface area (Å²) in [5, 5.41) is 3.33. The Bertz CT molecular complexity index is 469. The molecule has 0 spiro atoms. The van der Waals surface area contributed by atoms with E-state index in [0.29, 0.717) is 12.0 Å². The van der Waals surface area contributed by atoms with E-state index < -0.39 is 0 Å². The van der Waals surface area contributed by atoms with Crippen LogP contribution < -0.4 is 5.32 Å². The van der Waals surface area contributed by atoms with Gasteiger partial charge in [-0.1, -0.05) is 6.07 Å². The first-order chi connectivity index (χ1) is 9.76. The van der Waals surface area contributed by atoms with Crippen LogP contribution in [0.3, 0.4) is 0 Å². The van der Waals surface area contributed by atoms with Gasteiger partial charge in [-0.15, -0.1) is 0 Å². The van der Waals surface area contributed by atoms with Crippen molar-refractivity contribution in [1.29, 1.82) is 0 Å². The molecule has 0 unspecified atom stereocenters. The zero-order chi connectivity index (χ0) is 15.6. The lowest BCUT2D eigenvalue weighted by atomic mass is 9.88. The molecule has 0 atom stereocenters. The molecule has 0 aromatic heterocycles. The topological polar surface area (TPSA) is 15.3 Å². The van der Waals surface area contributed by atoms with Crippen molar-refractivity contribution in [3.05, 3.63) is 29.6 Å². The molecule has 1 heterocycles. The summed E-state index contributed by atoms with van der Waals surface area (Å²) >= 11 is 0. The van der Waals surface area contributed by atoms with Crippen LogP contribution in [-0.4, -0.2) is 29.6 Å². The normalized spacial score (nSPS) is 18.2. The first-order valence-corrected chi connectivity index (χ1v) is 8.08. The fourth-order valence-electron chi connectivity index (χ4n) is 3.10. The van der Waals surface area contributed by atoms with Crippen LogP contribution in [0, 0.1) is 5.82 Å². The van der Waals surface area contributed by atoms with E-state index in [1.54, 1.807) is 6.07 Å². The van der Waals surface area contributed by atoms with E-state index in [4.69, 9.17) is 0 Å². The van der Waals surface area contributed by atoms with Crippen LogP contribution in [0.25, 0.3) is 0 Å². The Labute approximate surface area is 128 Å². The molecule has 1 aromatic carbocycles. The Morgan fingerprint density at radius 1 is 1.19 bits per heavy atom.